The van der Waals surface area contributed by atoms with E-state index in [1.165, 1.54) is 0 Å². The van der Waals surface area contributed by atoms with E-state index in [1.807, 2.05) is 0 Å². The zero-order chi connectivity index (χ0) is 0. The topological polar surface area (TPSA) is 0 Å². The minimum Gasteiger partial charge on any atom is 0 e. The van der Waals surface area contributed by atoms with E-state index in [4.69, 9.17) is 0 Å². The molecule has 0 spiro atoms. The van der Waals surface area contributed by atoms with Crippen LogP contribution in [0.2, 0.25) is 0 Å². The van der Waals surface area contributed by atoms with Crippen LogP contribution in [0.4, 0.5) is 0 Å². The van der Waals surface area contributed by atoms with E-state index in [9.17, 15) is 0 Å². The standard InChI is InChI=1S/2Li.2Mn. The molecule has 0 nitrogen and oxygen atoms in total. The first-order valence-corrected chi connectivity index (χ1v) is 0. The van der Waals surface area contributed by atoms with Crippen molar-refractivity contribution in [3.8, 4) is 0 Å². The van der Waals surface area contributed by atoms with Crippen LogP contribution in [0.1, 0.15) is 0 Å². The second-order valence-electron chi connectivity index (χ2n) is 0. The largest absolute Gasteiger partial charge is 0 e. The van der Waals surface area contributed by atoms with Crippen molar-refractivity contribution < 1.29 is 34.1 Å². The summed E-state index contributed by atoms with van der Waals surface area (Å²) in [7, 11) is 0. The second kappa shape index (κ2) is 18.8. The van der Waals surface area contributed by atoms with Gasteiger partial charge in [0.05, 0.1) is 0 Å². The Bertz CT molecular complexity index is 4.00. The smallest absolute Gasteiger partial charge is 0 e. The quantitative estimate of drug-likeness (QED) is 0.372. The Morgan fingerprint density at radius 1 is 0.500 bits per heavy atom. The first-order valence-electron chi connectivity index (χ1n) is 0. The molecule has 4 radical (unpaired) electrons. The van der Waals surface area contributed by atoms with E-state index in [-0.39, 0.29) is 71.9 Å². The van der Waals surface area contributed by atoms with Gasteiger partial charge >= 0.3 is 0 Å². The molecule has 0 N–H and O–H groups in total. The van der Waals surface area contributed by atoms with Gasteiger partial charge in [-0.25, -0.2) is 0 Å². The van der Waals surface area contributed by atoms with Gasteiger partial charge < -0.3 is 0 Å². The molecule has 16 valence electrons. The van der Waals surface area contributed by atoms with Gasteiger partial charge in [0.25, 0.3) is 0 Å². The third kappa shape index (κ3) is 8.87. The van der Waals surface area contributed by atoms with Crippen molar-refractivity contribution in [2.24, 2.45) is 0 Å². The van der Waals surface area contributed by atoms with Gasteiger partial charge in [-0.2, -0.15) is 0 Å². The molecule has 0 amide bonds. The summed E-state index contributed by atoms with van der Waals surface area (Å²) in [6.45, 7) is 0. The van der Waals surface area contributed by atoms with Gasteiger partial charge in [-0.05, 0) is 0 Å². The van der Waals surface area contributed by atoms with E-state index < -0.39 is 0 Å². The monoisotopic (exact) mass is 124 g/mol. The molecule has 0 heterocycles. The number of hydrogen-bond donors (Lipinski definition) is 0. The third-order valence-electron chi connectivity index (χ3n) is 0. The maximum Gasteiger partial charge on any atom is 0 e. The van der Waals surface area contributed by atoms with Crippen LogP contribution >= 0.6 is 0 Å². The number of hydrogen-bond acceptors (Lipinski definition) is 0. The SMILES string of the molecule is [Li].[Li].[Mn].[Mn]. The average Bonchev–Trinajstić information content (AvgIpc) is 0. The van der Waals surface area contributed by atoms with Crippen LogP contribution in [-0.4, -0.2) is 37.7 Å². The molecule has 0 aliphatic heterocycles. The molecule has 0 atom stereocenters. The van der Waals surface area contributed by atoms with Crippen molar-refractivity contribution in [3.05, 3.63) is 0 Å². The summed E-state index contributed by atoms with van der Waals surface area (Å²) in [5.41, 5.74) is 0. The summed E-state index contributed by atoms with van der Waals surface area (Å²) in [5, 5.41) is 0. The zero-order valence-electron chi connectivity index (χ0n) is 2.76. The second-order valence-corrected chi connectivity index (χ2v) is 0. The maximum atomic E-state index is 0. The number of rotatable bonds is 0. The minimum atomic E-state index is 0. The Morgan fingerprint density at radius 2 is 0.500 bits per heavy atom. The summed E-state index contributed by atoms with van der Waals surface area (Å²) in [4.78, 5) is 0. The molecule has 0 bridgehead atoms. The van der Waals surface area contributed by atoms with Crippen molar-refractivity contribution in [3.63, 3.8) is 0 Å². The molecule has 0 aromatic rings. The summed E-state index contributed by atoms with van der Waals surface area (Å²) >= 11 is 0. The van der Waals surface area contributed by atoms with Crippen LogP contribution in [0.15, 0.2) is 0 Å². The van der Waals surface area contributed by atoms with Gasteiger partial charge in [-0.1, -0.05) is 0 Å². The van der Waals surface area contributed by atoms with Crippen LogP contribution in [-0.2, 0) is 34.1 Å². The van der Waals surface area contributed by atoms with Crippen molar-refractivity contribution in [2.75, 3.05) is 0 Å². The van der Waals surface area contributed by atoms with Crippen molar-refractivity contribution in [1.29, 1.82) is 0 Å². The van der Waals surface area contributed by atoms with Crippen molar-refractivity contribution in [1.82, 2.24) is 0 Å². The predicted octanol–water partition coefficient (Wildman–Crippen LogP) is -0.767. The van der Waals surface area contributed by atoms with Gasteiger partial charge in [-0.15, -0.1) is 0 Å². The van der Waals surface area contributed by atoms with Gasteiger partial charge in [0, 0.05) is 71.9 Å². The van der Waals surface area contributed by atoms with Gasteiger partial charge in [0.15, 0.2) is 0 Å². The van der Waals surface area contributed by atoms with Crippen LogP contribution in [0, 0.1) is 0 Å². The Kier molecular flexibility index (Phi) is 161. The van der Waals surface area contributed by atoms with Crippen LogP contribution in [0.25, 0.3) is 0 Å². The summed E-state index contributed by atoms with van der Waals surface area (Å²) in [5.74, 6) is 0. The normalized spacial score (nSPS) is 0. The molecule has 0 fully saturated rings. The van der Waals surface area contributed by atoms with E-state index in [0.29, 0.717) is 0 Å². The molecule has 4 heteroatoms. The van der Waals surface area contributed by atoms with Gasteiger partial charge in [0.1, 0.15) is 0 Å². The molecule has 0 saturated heterocycles. The zero-order valence-corrected chi connectivity index (χ0v) is 5.12. The minimum absolute atomic E-state index is 0. The third-order valence-corrected chi connectivity index (χ3v) is 0. The van der Waals surface area contributed by atoms with Crippen molar-refractivity contribution >= 4 is 37.7 Å². The fourth-order valence-electron chi connectivity index (χ4n) is 0. The predicted molar refractivity (Wildman–Crippen MR) is 11.5 cm³/mol. The molecule has 0 aromatic carbocycles. The molecular formula is Li2Mn2. The Labute approximate surface area is 71.2 Å². The van der Waals surface area contributed by atoms with Crippen LogP contribution in [0.3, 0.4) is 0 Å². The molecule has 0 aliphatic carbocycles. The molecule has 4 heavy (non-hydrogen) atoms. The Balaban J connectivity index is 0. The Hall–Kier alpha value is 2.23. The fraction of sp³-hybridized carbons (Fsp3) is 0. The molecular weight excluding hydrogens is 124 g/mol. The van der Waals surface area contributed by atoms with Gasteiger partial charge in [-0.3, -0.25) is 0 Å². The molecule has 0 unspecified atom stereocenters. The van der Waals surface area contributed by atoms with E-state index in [1.54, 1.807) is 0 Å². The summed E-state index contributed by atoms with van der Waals surface area (Å²) < 4.78 is 0. The van der Waals surface area contributed by atoms with Crippen LogP contribution < -0.4 is 0 Å². The first-order chi connectivity index (χ1) is 0. The summed E-state index contributed by atoms with van der Waals surface area (Å²) in [6, 6.07) is 0. The van der Waals surface area contributed by atoms with E-state index in [2.05, 4.69) is 0 Å². The maximum absolute atomic E-state index is 0. The molecule has 0 saturated carbocycles. The Morgan fingerprint density at radius 3 is 0.500 bits per heavy atom. The fourth-order valence-corrected chi connectivity index (χ4v) is 0. The molecule has 0 aliphatic rings. The molecule has 0 rings (SSSR count). The average molecular weight is 124 g/mol. The van der Waals surface area contributed by atoms with Gasteiger partial charge in [0.2, 0.25) is 0 Å². The molecule has 0 aromatic heterocycles. The van der Waals surface area contributed by atoms with Crippen LogP contribution in [0.5, 0.6) is 0 Å². The van der Waals surface area contributed by atoms with E-state index >= 15 is 0 Å². The van der Waals surface area contributed by atoms with E-state index in [0.717, 1.165) is 0 Å². The van der Waals surface area contributed by atoms with Crippen molar-refractivity contribution in [2.45, 2.75) is 0 Å². The summed E-state index contributed by atoms with van der Waals surface area (Å²) in [6.07, 6.45) is 0. The first kappa shape index (κ1) is 34.2.